The van der Waals surface area contributed by atoms with Gasteiger partial charge in [0.1, 0.15) is 22.0 Å². The molecule has 0 saturated carbocycles. The highest BCUT2D eigenvalue weighted by atomic mass is 32.1. The Balaban J connectivity index is 1.60. The van der Waals surface area contributed by atoms with Gasteiger partial charge in [-0.15, -0.1) is 11.3 Å². The van der Waals surface area contributed by atoms with Crippen molar-refractivity contribution in [3.63, 3.8) is 0 Å². The molecule has 8 heteroatoms. The van der Waals surface area contributed by atoms with Crippen LogP contribution in [0.15, 0.2) is 60.2 Å². The van der Waals surface area contributed by atoms with Gasteiger partial charge in [-0.25, -0.2) is 14.2 Å². The Labute approximate surface area is 176 Å². The first-order chi connectivity index (χ1) is 14.5. The number of nitrogens with one attached hydrogen (secondary N) is 1. The average Bonchev–Trinajstić information content (AvgIpc) is 3.32. The predicted molar refractivity (Wildman–Crippen MR) is 113 cm³/mol. The van der Waals surface area contributed by atoms with Crippen LogP contribution in [0.2, 0.25) is 0 Å². The third-order valence-electron chi connectivity index (χ3n) is 4.43. The third-order valence-corrected chi connectivity index (χ3v) is 5.33. The lowest BCUT2D eigenvalue weighted by atomic mass is 10.0. The Hall–Kier alpha value is -3.52. The van der Waals surface area contributed by atoms with Crippen LogP contribution in [0.25, 0.3) is 16.8 Å². The van der Waals surface area contributed by atoms with E-state index in [1.807, 2.05) is 28.8 Å². The first-order valence-corrected chi connectivity index (χ1v) is 10.2. The number of nitrogens with zero attached hydrogens (tertiary/aromatic N) is 2. The number of pyridine rings is 1. The zero-order chi connectivity index (χ0) is 21.1. The number of carbonyl (C=O) groups excluding carboxylic acids is 2. The summed E-state index contributed by atoms with van der Waals surface area (Å²) in [6.07, 6.45) is 3.71. The van der Waals surface area contributed by atoms with E-state index in [-0.39, 0.29) is 30.3 Å². The number of ether oxygens (including phenoxy) is 1. The van der Waals surface area contributed by atoms with Gasteiger partial charge in [-0.05, 0) is 36.8 Å². The van der Waals surface area contributed by atoms with Gasteiger partial charge >= 0.3 is 5.97 Å². The number of amides is 1. The minimum absolute atomic E-state index is 0.0632. The van der Waals surface area contributed by atoms with E-state index in [1.54, 1.807) is 30.6 Å². The fourth-order valence-corrected chi connectivity index (χ4v) is 4.08. The van der Waals surface area contributed by atoms with E-state index in [0.717, 1.165) is 5.65 Å². The summed E-state index contributed by atoms with van der Waals surface area (Å²) in [4.78, 5) is 29.6. The van der Waals surface area contributed by atoms with Crippen LogP contribution in [0.3, 0.4) is 0 Å². The van der Waals surface area contributed by atoms with E-state index >= 15 is 0 Å². The molecule has 0 saturated heterocycles. The van der Waals surface area contributed by atoms with Gasteiger partial charge in [-0.1, -0.05) is 18.2 Å². The summed E-state index contributed by atoms with van der Waals surface area (Å²) in [6.45, 7) is 1.91. The molecule has 0 aliphatic rings. The van der Waals surface area contributed by atoms with Crippen LogP contribution in [0.1, 0.15) is 23.0 Å². The molecule has 6 nitrogen and oxygen atoms in total. The molecule has 0 aliphatic carbocycles. The monoisotopic (exact) mass is 423 g/mol. The van der Waals surface area contributed by atoms with Gasteiger partial charge in [0.2, 0.25) is 5.91 Å². The molecule has 30 heavy (non-hydrogen) atoms. The summed E-state index contributed by atoms with van der Waals surface area (Å²) < 4.78 is 20.3. The smallest absolute Gasteiger partial charge is 0.341 e. The highest BCUT2D eigenvalue weighted by Crippen LogP contribution is 2.36. The van der Waals surface area contributed by atoms with Crippen LogP contribution in [0.4, 0.5) is 9.39 Å². The first kappa shape index (κ1) is 19.8. The molecule has 0 atom stereocenters. The number of aromatic nitrogens is 2. The number of hydrogen-bond donors (Lipinski definition) is 1. The van der Waals surface area contributed by atoms with E-state index in [1.165, 1.54) is 23.5 Å². The van der Waals surface area contributed by atoms with Gasteiger partial charge in [0.15, 0.2) is 0 Å². The first-order valence-electron chi connectivity index (χ1n) is 9.32. The Morgan fingerprint density at radius 1 is 1.20 bits per heavy atom. The topological polar surface area (TPSA) is 72.7 Å². The van der Waals surface area contributed by atoms with Crippen molar-refractivity contribution in [2.45, 2.75) is 13.3 Å². The molecule has 0 radical (unpaired) electrons. The maximum atomic E-state index is 13.3. The Morgan fingerprint density at radius 3 is 2.73 bits per heavy atom. The molecule has 1 amide bonds. The second kappa shape index (κ2) is 8.46. The number of anilines is 1. The molecular weight excluding hydrogens is 405 g/mol. The third kappa shape index (κ3) is 4.08. The lowest BCUT2D eigenvalue weighted by Gasteiger charge is -2.08. The lowest BCUT2D eigenvalue weighted by Crippen LogP contribution is -2.16. The molecular formula is C22H18FN3O3S. The van der Waals surface area contributed by atoms with Gasteiger partial charge in [-0.2, -0.15) is 0 Å². The second-order valence-electron chi connectivity index (χ2n) is 6.50. The van der Waals surface area contributed by atoms with Gasteiger partial charge in [0.25, 0.3) is 0 Å². The molecule has 152 valence electrons. The Bertz CT molecular complexity index is 1180. The highest BCUT2D eigenvalue weighted by molar-refractivity contribution is 7.15. The van der Waals surface area contributed by atoms with E-state index in [4.69, 9.17) is 4.74 Å². The Kier molecular flexibility index (Phi) is 5.58. The highest BCUT2D eigenvalue weighted by Gasteiger charge is 2.23. The molecule has 1 N–H and O–H groups in total. The molecule has 0 spiro atoms. The number of hydrogen-bond acceptors (Lipinski definition) is 5. The summed E-state index contributed by atoms with van der Waals surface area (Å²) in [5.41, 5.74) is 2.88. The maximum absolute atomic E-state index is 13.3. The van der Waals surface area contributed by atoms with E-state index in [9.17, 15) is 14.0 Å². The summed E-state index contributed by atoms with van der Waals surface area (Å²) in [5.74, 6) is -1.20. The molecule has 0 bridgehead atoms. The predicted octanol–water partition coefficient (Wildman–Crippen LogP) is 4.56. The summed E-state index contributed by atoms with van der Waals surface area (Å²) in [5, 5.41) is 4.94. The van der Waals surface area contributed by atoms with Crippen LogP contribution in [-0.2, 0) is 16.0 Å². The molecule has 3 heterocycles. The second-order valence-corrected chi connectivity index (χ2v) is 7.38. The van der Waals surface area contributed by atoms with E-state index in [0.29, 0.717) is 21.8 Å². The van der Waals surface area contributed by atoms with Gasteiger partial charge in [-0.3, -0.25) is 4.79 Å². The zero-order valence-corrected chi connectivity index (χ0v) is 16.9. The molecule has 3 aromatic heterocycles. The van der Waals surface area contributed by atoms with E-state index < -0.39 is 5.97 Å². The normalized spacial score (nSPS) is 10.9. The maximum Gasteiger partial charge on any atom is 0.341 e. The van der Waals surface area contributed by atoms with Gasteiger partial charge in [0, 0.05) is 23.3 Å². The SMILES string of the molecule is CCOC(=O)c1c(-c2ccc(F)cc2)csc1NC(=O)Cc1cn2ccccc2n1. The van der Waals surface area contributed by atoms with Crippen LogP contribution in [0.5, 0.6) is 0 Å². The minimum Gasteiger partial charge on any atom is -0.462 e. The van der Waals surface area contributed by atoms with Crippen molar-refractivity contribution < 1.29 is 18.7 Å². The summed E-state index contributed by atoms with van der Waals surface area (Å²) >= 11 is 1.22. The van der Waals surface area contributed by atoms with Crippen molar-refractivity contribution in [1.29, 1.82) is 0 Å². The van der Waals surface area contributed by atoms with Crippen molar-refractivity contribution >= 4 is 33.9 Å². The van der Waals surface area contributed by atoms with Crippen LogP contribution < -0.4 is 5.32 Å². The molecule has 1 aromatic carbocycles. The largest absolute Gasteiger partial charge is 0.462 e. The summed E-state index contributed by atoms with van der Waals surface area (Å²) in [6, 6.07) is 11.4. The van der Waals surface area contributed by atoms with E-state index in [2.05, 4.69) is 10.3 Å². The van der Waals surface area contributed by atoms with Crippen molar-refractivity contribution in [3.05, 3.63) is 77.3 Å². The quantitative estimate of drug-likeness (QED) is 0.462. The lowest BCUT2D eigenvalue weighted by molar-refractivity contribution is -0.115. The summed E-state index contributed by atoms with van der Waals surface area (Å²) in [7, 11) is 0. The molecule has 4 aromatic rings. The van der Waals surface area contributed by atoms with Crippen molar-refractivity contribution in [2.24, 2.45) is 0 Å². The fourth-order valence-electron chi connectivity index (χ4n) is 3.11. The molecule has 0 fully saturated rings. The molecule has 4 rings (SSSR count). The van der Waals surface area contributed by atoms with Gasteiger partial charge in [0.05, 0.1) is 18.7 Å². The number of benzene rings is 1. The number of carbonyl (C=O) groups is 2. The molecule has 0 unspecified atom stereocenters. The minimum atomic E-state index is -0.541. The number of fused-ring (bicyclic) bond motifs is 1. The van der Waals surface area contributed by atoms with Crippen molar-refractivity contribution in [1.82, 2.24) is 9.38 Å². The van der Waals surface area contributed by atoms with Gasteiger partial charge < -0.3 is 14.5 Å². The Morgan fingerprint density at radius 2 is 2.00 bits per heavy atom. The number of rotatable bonds is 6. The van der Waals surface area contributed by atoms with Crippen molar-refractivity contribution in [2.75, 3.05) is 11.9 Å². The number of imidazole rings is 1. The average molecular weight is 423 g/mol. The number of thiophene rings is 1. The van der Waals surface area contributed by atoms with Crippen molar-refractivity contribution in [3.8, 4) is 11.1 Å². The van der Waals surface area contributed by atoms with Crippen LogP contribution in [-0.4, -0.2) is 27.9 Å². The zero-order valence-electron chi connectivity index (χ0n) is 16.1. The standard InChI is InChI=1S/C22H18FN3O3S/c1-2-29-22(28)20-17(14-6-8-15(23)9-7-14)13-30-21(20)25-19(27)11-16-12-26-10-4-3-5-18(26)24-16/h3-10,12-13H,2,11H2,1H3,(H,25,27). The van der Waals surface area contributed by atoms with Crippen LogP contribution in [0, 0.1) is 5.82 Å². The fraction of sp³-hybridized carbons (Fsp3) is 0.136. The number of halogens is 1. The van der Waals surface area contributed by atoms with Crippen LogP contribution >= 0.6 is 11.3 Å². The number of esters is 1. The molecule has 0 aliphatic heterocycles.